The smallest absolute Gasteiger partial charge is 0.333 e. The van der Waals surface area contributed by atoms with Gasteiger partial charge in [0, 0.05) is 10.2 Å². The molecule has 0 aliphatic carbocycles. The number of carboxylic acid groups (broad SMARTS) is 1. The minimum atomic E-state index is -1.04. The fraction of sp³-hybridized carbons (Fsp3) is 0.231. The van der Waals surface area contributed by atoms with Gasteiger partial charge in [-0.25, -0.2) is 4.79 Å². The second-order valence-electron chi connectivity index (χ2n) is 4.23. The van der Waals surface area contributed by atoms with E-state index in [1.165, 1.54) is 4.90 Å². The lowest BCUT2D eigenvalue weighted by atomic mass is 10.2. The molecule has 0 fully saturated rings. The summed E-state index contributed by atoms with van der Waals surface area (Å²) < 4.78 is 0.779. The summed E-state index contributed by atoms with van der Waals surface area (Å²) >= 11 is 3.41. The number of anilines is 1. The summed E-state index contributed by atoms with van der Waals surface area (Å²) in [6.45, 7) is 3.60. The molecule has 1 heterocycles. The van der Waals surface area contributed by atoms with Crippen molar-refractivity contribution in [2.75, 3.05) is 4.90 Å². The average molecular weight is 310 g/mol. The van der Waals surface area contributed by atoms with Crippen LogP contribution in [0.15, 0.2) is 33.9 Å². The van der Waals surface area contributed by atoms with E-state index in [-0.39, 0.29) is 17.9 Å². The molecule has 4 nitrogen and oxygen atoms in total. The number of aliphatic carboxylic acids is 1. The highest BCUT2D eigenvalue weighted by atomic mass is 79.9. The van der Waals surface area contributed by atoms with Crippen LogP contribution < -0.4 is 4.90 Å². The van der Waals surface area contributed by atoms with Crippen molar-refractivity contribution in [2.45, 2.75) is 20.3 Å². The molecule has 0 bridgehead atoms. The lowest BCUT2D eigenvalue weighted by molar-refractivity contribution is -0.133. The molecule has 94 valence electrons. The van der Waals surface area contributed by atoms with Gasteiger partial charge in [0.25, 0.3) is 0 Å². The van der Waals surface area contributed by atoms with Crippen LogP contribution in [0.4, 0.5) is 5.69 Å². The zero-order valence-corrected chi connectivity index (χ0v) is 11.6. The molecular weight excluding hydrogens is 298 g/mol. The molecule has 5 heteroatoms. The van der Waals surface area contributed by atoms with Gasteiger partial charge in [-0.15, -0.1) is 0 Å². The van der Waals surface area contributed by atoms with Crippen molar-refractivity contribution in [1.29, 1.82) is 0 Å². The van der Waals surface area contributed by atoms with Crippen LogP contribution in [0.2, 0.25) is 0 Å². The van der Waals surface area contributed by atoms with Crippen molar-refractivity contribution in [2.24, 2.45) is 0 Å². The summed E-state index contributed by atoms with van der Waals surface area (Å²) in [4.78, 5) is 24.4. The number of nitrogens with zero attached hydrogens (tertiary/aromatic N) is 1. The SMILES string of the molecule is CC1=C(C(=O)O)CC(=O)N1c1ccc(C)cc1Br. The molecule has 0 saturated heterocycles. The van der Waals surface area contributed by atoms with Gasteiger partial charge in [0.05, 0.1) is 17.7 Å². The number of benzene rings is 1. The normalized spacial score (nSPS) is 15.5. The first-order chi connectivity index (χ1) is 8.41. The maximum atomic E-state index is 11.9. The Labute approximate surface area is 113 Å². The van der Waals surface area contributed by atoms with Crippen LogP contribution in [-0.4, -0.2) is 17.0 Å². The molecule has 18 heavy (non-hydrogen) atoms. The number of aryl methyl sites for hydroxylation is 1. The molecule has 2 rings (SSSR count). The third-order valence-corrected chi connectivity index (χ3v) is 3.59. The van der Waals surface area contributed by atoms with Gasteiger partial charge in [-0.3, -0.25) is 9.69 Å². The average Bonchev–Trinajstić information content (AvgIpc) is 2.56. The Morgan fingerprint density at radius 3 is 2.56 bits per heavy atom. The molecule has 0 unspecified atom stereocenters. The summed E-state index contributed by atoms with van der Waals surface area (Å²) in [5, 5.41) is 9.03. The number of carbonyl (C=O) groups excluding carboxylic acids is 1. The molecular formula is C13H12BrNO3. The largest absolute Gasteiger partial charge is 0.478 e. The summed E-state index contributed by atoms with van der Waals surface area (Å²) in [6, 6.07) is 5.60. The van der Waals surface area contributed by atoms with E-state index in [4.69, 9.17) is 5.11 Å². The molecule has 1 aromatic rings. The third-order valence-electron chi connectivity index (χ3n) is 2.95. The highest BCUT2D eigenvalue weighted by Gasteiger charge is 2.32. The standard InChI is InChI=1S/C13H12BrNO3/c1-7-3-4-11(10(14)5-7)15-8(2)9(13(17)18)6-12(15)16/h3-5H,6H2,1-2H3,(H,17,18). The van der Waals surface area contributed by atoms with E-state index in [1.54, 1.807) is 6.92 Å². The summed E-state index contributed by atoms with van der Waals surface area (Å²) in [7, 11) is 0. The van der Waals surface area contributed by atoms with Crippen molar-refractivity contribution in [3.63, 3.8) is 0 Å². The zero-order valence-electron chi connectivity index (χ0n) is 10.0. The fourth-order valence-corrected chi connectivity index (χ4v) is 2.69. The van der Waals surface area contributed by atoms with E-state index >= 15 is 0 Å². The first-order valence-electron chi connectivity index (χ1n) is 5.44. The number of hydrogen-bond donors (Lipinski definition) is 1. The van der Waals surface area contributed by atoms with Gasteiger partial charge in [-0.1, -0.05) is 6.07 Å². The molecule has 0 aromatic heterocycles. The van der Waals surface area contributed by atoms with Gasteiger partial charge in [0.15, 0.2) is 0 Å². The molecule has 0 radical (unpaired) electrons. The second-order valence-corrected chi connectivity index (χ2v) is 5.08. The van der Waals surface area contributed by atoms with Crippen molar-refractivity contribution in [1.82, 2.24) is 0 Å². The van der Waals surface area contributed by atoms with Gasteiger partial charge in [-0.05, 0) is 47.5 Å². The highest BCUT2D eigenvalue weighted by Crippen LogP contribution is 2.35. The number of halogens is 1. The maximum absolute atomic E-state index is 11.9. The summed E-state index contributed by atoms with van der Waals surface area (Å²) in [5.74, 6) is -1.25. The second kappa shape index (κ2) is 4.57. The van der Waals surface area contributed by atoms with Crippen LogP contribution in [0.5, 0.6) is 0 Å². The molecule has 1 amide bonds. The molecule has 1 aromatic carbocycles. The van der Waals surface area contributed by atoms with Crippen molar-refractivity contribution >= 4 is 33.5 Å². The van der Waals surface area contributed by atoms with Crippen molar-refractivity contribution < 1.29 is 14.7 Å². The van der Waals surface area contributed by atoms with Gasteiger partial charge in [0.2, 0.25) is 5.91 Å². The number of carboxylic acids is 1. The lowest BCUT2D eigenvalue weighted by Crippen LogP contribution is -2.23. The minimum Gasteiger partial charge on any atom is -0.478 e. The van der Waals surface area contributed by atoms with E-state index < -0.39 is 5.97 Å². The first-order valence-corrected chi connectivity index (χ1v) is 6.23. The molecule has 0 spiro atoms. The van der Waals surface area contributed by atoms with Crippen LogP contribution >= 0.6 is 15.9 Å². The van der Waals surface area contributed by atoms with Crippen molar-refractivity contribution in [3.05, 3.63) is 39.5 Å². The van der Waals surface area contributed by atoms with Gasteiger partial charge in [0.1, 0.15) is 0 Å². The quantitative estimate of drug-likeness (QED) is 0.914. The van der Waals surface area contributed by atoms with Gasteiger partial charge >= 0.3 is 5.97 Å². The van der Waals surface area contributed by atoms with E-state index in [0.29, 0.717) is 11.4 Å². The van der Waals surface area contributed by atoms with Gasteiger partial charge < -0.3 is 5.11 Å². The Balaban J connectivity index is 2.51. The van der Waals surface area contributed by atoms with E-state index in [0.717, 1.165) is 10.0 Å². The number of amides is 1. The van der Waals surface area contributed by atoms with Gasteiger partial charge in [-0.2, -0.15) is 0 Å². The zero-order chi connectivity index (χ0) is 13.4. The number of carbonyl (C=O) groups is 2. The monoisotopic (exact) mass is 309 g/mol. The lowest BCUT2D eigenvalue weighted by Gasteiger charge is -2.20. The Morgan fingerprint density at radius 2 is 2.06 bits per heavy atom. The van der Waals surface area contributed by atoms with E-state index in [9.17, 15) is 9.59 Å². The van der Waals surface area contributed by atoms with E-state index in [1.807, 2.05) is 25.1 Å². The first kappa shape index (κ1) is 12.8. The van der Waals surface area contributed by atoms with Crippen LogP contribution in [0.1, 0.15) is 18.9 Å². The molecule has 1 aliphatic rings. The number of hydrogen-bond acceptors (Lipinski definition) is 2. The number of allylic oxidation sites excluding steroid dienone is 1. The van der Waals surface area contributed by atoms with Crippen LogP contribution in [0, 0.1) is 6.92 Å². The predicted octanol–water partition coefficient (Wildman–Crippen LogP) is 2.85. The molecule has 0 atom stereocenters. The fourth-order valence-electron chi connectivity index (χ4n) is 2.02. The van der Waals surface area contributed by atoms with Crippen molar-refractivity contribution in [3.8, 4) is 0 Å². The highest BCUT2D eigenvalue weighted by molar-refractivity contribution is 9.10. The van der Waals surface area contributed by atoms with Crippen LogP contribution in [0.3, 0.4) is 0 Å². The topological polar surface area (TPSA) is 57.6 Å². The van der Waals surface area contributed by atoms with Crippen LogP contribution in [0.25, 0.3) is 0 Å². The molecule has 1 aliphatic heterocycles. The maximum Gasteiger partial charge on any atom is 0.333 e. The Kier molecular flexibility index (Phi) is 3.26. The Bertz CT molecular complexity index is 578. The van der Waals surface area contributed by atoms with E-state index in [2.05, 4.69) is 15.9 Å². The molecule has 0 saturated carbocycles. The third kappa shape index (κ3) is 2.06. The molecule has 1 N–H and O–H groups in total. The Morgan fingerprint density at radius 1 is 1.39 bits per heavy atom. The minimum absolute atomic E-state index is 0.0541. The summed E-state index contributed by atoms with van der Waals surface area (Å²) in [5.41, 5.74) is 2.39. The van der Waals surface area contributed by atoms with Crippen LogP contribution in [-0.2, 0) is 9.59 Å². The summed E-state index contributed by atoms with van der Waals surface area (Å²) in [6.07, 6.45) is -0.0541. The Hall–Kier alpha value is -1.62. The number of rotatable bonds is 2. The predicted molar refractivity (Wildman–Crippen MR) is 71.3 cm³/mol.